The predicted molar refractivity (Wildman–Crippen MR) is 149 cm³/mol. The van der Waals surface area contributed by atoms with Gasteiger partial charge < -0.3 is 30.5 Å². The number of carbonyl (C=O) groups excluding carboxylic acids is 2. The summed E-state index contributed by atoms with van der Waals surface area (Å²) in [5.41, 5.74) is 1.95. The highest BCUT2D eigenvalue weighted by molar-refractivity contribution is 5.97. The molecule has 2 heterocycles. The largest absolute Gasteiger partial charge is 0.495 e. The van der Waals surface area contributed by atoms with Crippen LogP contribution in [0.1, 0.15) is 68.1 Å². The van der Waals surface area contributed by atoms with E-state index in [1.165, 1.54) is 12.8 Å². The number of nitrogens with zero attached hydrogens (tertiary/aromatic N) is 4. The lowest BCUT2D eigenvalue weighted by atomic mass is 9.91. The summed E-state index contributed by atoms with van der Waals surface area (Å²) in [4.78, 5) is 38.9. The molecule has 38 heavy (non-hydrogen) atoms. The number of hydrogen-bond acceptors (Lipinski definition) is 8. The number of ether oxygens (including phenoxy) is 1. The number of amides is 2. The molecule has 0 bridgehead atoms. The van der Waals surface area contributed by atoms with E-state index in [4.69, 9.17) is 9.72 Å². The quantitative estimate of drug-likeness (QED) is 0.507. The zero-order chi connectivity index (χ0) is 26.6. The van der Waals surface area contributed by atoms with Crippen molar-refractivity contribution in [2.24, 2.45) is 0 Å². The molecule has 0 saturated heterocycles. The number of aromatic nitrogens is 2. The van der Waals surface area contributed by atoms with Gasteiger partial charge in [0, 0.05) is 43.7 Å². The van der Waals surface area contributed by atoms with Crippen molar-refractivity contribution in [3.05, 3.63) is 30.0 Å². The average molecular weight is 522 g/mol. The van der Waals surface area contributed by atoms with E-state index in [1.54, 1.807) is 37.4 Å². The molecule has 10 nitrogen and oxygen atoms in total. The monoisotopic (exact) mass is 521 g/mol. The van der Waals surface area contributed by atoms with Gasteiger partial charge in [0.05, 0.1) is 19.0 Å². The Kier molecular flexibility index (Phi) is 7.97. The number of methoxy groups -OCH3 is 1. The van der Waals surface area contributed by atoms with Gasteiger partial charge in [-0.15, -0.1) is 0 Å². The molecule has 1 aliphatic heterocycles. The van der Waals surface area contributed by atoms with Crippen LogP contribution in [0.5, 0.6) is 5.75 Å². The molecule has 2 fully saturated rings. The minimum absolute atomic E-state index is 0.0710. The molecule has 5 rings (SSSR count). The van der Waals surface area contributed by atoms with Crippen molar-refractivity contribution in [2.75, 3.05) is 42.9 Å². The number of rotatable bonds is 7. The molecule has 0 unspecified atom stereocenters. The summed E-state index contributed by atoms with van der Waals surface area (Å²) in [5.74, 6) is 1.72. The fraction of sp³-hybridized carbons (Fsp3) is 0.571. The summed E-state index contributed by atoms with van der Waals surface area (Å²) in [6, 6.07) is 6.48. The summed E-state index contributed by atoms with van der Waals surface area (Å²) in [7, 11) is 5.36. The van der Waals surface area contributed by atoms with Crippen molar-refractivity contribution in [2.45, 2.75) is 75.9 Å². The van der Waals surface area contributed by atoms with E-state index in [1.807, 2.05) is 13.1 Å². The van der Waals surface area contributed by atoms with Gasteiger partial charge in [0.1, 0.15) is 11.4 Å². The molecule has 3 N–H and O–H groups in total. The van der Waals surface area contributed by atoms with Crippen LogP contribution in [0.25, 0.3) is 0 Å². The second-order valence-corrected chi connectivity index (χ2v) is 10.6. The SMILES string of the molecule is CNC1CCC(NC(=O)c2ccc(Nc3ncc4c(n3)N(C3CCCC3)CCC(=O)N4C)c(OC)c2)CC1. The van der Waals surface area contributed by atoms with E-state index < -0.39 is 0 Å². The summed E-state index contributed by atoms with van der Waals surface area (Å²) < 4.78 is 5.62. The minimum Gasteiger partial charge on any atom is -0.495 e. The molecular formula is C28H39N7O3. The Bertz CT molecular complexity index is 1160. The van der Waals surface area contributed by atoms with Gasteiger partial charge in [0.15, 0.2) is 5.82 Å². The molecule has 10 heteroatoms. The Labute approximate surface area is 224 Å². The molecule has 2 amide bonds. The molecule has 2 aliphatic carbocycles. The van der Waals surface area contributed by atoms with Crippen LogP contribution in [0.3, 0.4) is 0 Å². The number of fused-ring (bicyclic) bond motifs is 1. The third kappa shape index (κ3) is 5.55. The third-order valence-electron chi connectivity index (χ3n) is 8.27. The summed E-state index contributed by atoms with van der Waals surface area (Å²) in [5, 5.41) is 9.77. The number of anilines is 4. The van der Waals surface area contributed by atoms with Crippen LogP contribution in [-0.4, -0.2) is 67.7 Å². The second kappa shape index (κ2) is 11.6. The van der Waals surface area contributed by atoms with Crippen molar-refractivity contribution in [1.82, 2.24) is 20.6 Å². The zero-order valence-corrected chi connectivity index (χ0v) is 22.6. The maximum Gasteiger partial charge on any atom is 0.251 e. The van der Waals surface area contributed by atoms with Gasteiger partial charge in [-0.05, 0) is 63.8 Å². The smallest absolute Gasteiger partial charge is 0.251 e. The molecule has 3 aliphatic rings. The van der Waals surface area contributed by atoms with Crippen molar-refractivity contribution < 1.29 is 14.3 Å². The molecule has 2 saturated carbocycles. The predicted octanol–water partition coefficient (Wildman–Crippen LogP) is 3.60. The van der Waals surface area contributed by atoms with Crippen LogP contribution >= 0.6 is 0 Å². The summed E-state index contributed by atoms with van der Waals surface area (Å²) in [6.45, 7) is 0.654. The minimum atomic E-state index is -0.0936. The number of hydrogen-bond donors (Lipinski definition) is 3. The van der Waals surface area contributed by atoms with E-state index >= 15 is 0 Å². The maximum atomic E-state index is 12.9. The molecule has 204 valence electrons. The highest BCUT2D eigenvalue weighted by Gasteiger charge is 2.32. The fourth-order valence-corrected chi connectivity index (χ4v) is 5.92. The molecular weight excluding hydrogens is 482 g/mol. The molecule has 0 atom stereocenters. The lowest BCUT2D eigenvalue weighted by molar-refractivity contribution is -0.118. The Morgan fingerprint density at radius 3 is 2.53 bits per heavy atom. The Balaban J connectivity index is 1.34. The van der Waals surface area contributed by atoms with Crippen molar-refractivity contribution in [3.63, 3.8) is 0 Å². The van der Waals surface area contributed by atoms with Gasteiger partial charge >= 0.3 is 0 Å². The van der Waals surface area contributed by atoms with Gasteiger partial charge in [-0.2, -0.15) is 4.98 Å². The van der Waals surface area contributed by atoms with Crippen LogP contribution in [0.4, 0.5) is 23.1 Å². The average Bonchev–Trinajstić information content (AvgIpc) is 3.44. The first-order chi connectivity index (χ1) is 18.5. The van der Waals surface area contributed by atoms with Gasteiger partial charge in [0.2, 0.25) is 11.9 Å². The first-order valence-corrected chi connectivity index (χ1v) is 13.8. The van der Waals surface area contributed by atoms with Crippen molar-refractivity contribution >= 4 is 35.0 Å². The van der Waals surface area contributed by atoms with E-state index in [0.717, 1.165) is 50.0 Å². The van der Waals surface area contributed by atoms with Crippen LogP contribution in [0, 0.1) is 0 Å². The molecule has 0 spiro atoms. The summed E-state index contributed by atoms with van der Waals surface area (Å²) in [6.07, 6.45) is 10.9. The topological polar surface area (TPSA) is 112 Å². The van der Waals surface area contributed by atoms with Gasteiger partial charge in [0.25, 0.3) is 5.91 Å². The molecule has 1 aromatic heterocycles. The van der Waals surface area contributed by atoms with Crippen molar-refractivity contribution in [1.29, 1.82) is 0 Å². The van der Waals surface area contributed by atoms with E-state index in [9.17, 15) is 9.59 Å². The Morgan fingerprint density at radius 2 is 1.82 bits per heavy atom. The Hall–Kier alpha value is -3.40. The fourth-order valence-electron chi connectivity index (χ4n) is 5.92. The lowest BCUT2D eigenvalue weighted by Gasteiger charge is -2.30. The highest BCUT2D eigenvalue weighted by atomic mass is 16.5. The van der Waals surface area contributed by atoms with Crippen LogP contribution < -0.4 is 30.5 Å². The van der Waals surface area contributed by atoms with Crippen LogP contribution in [0.15, 0.2) is 24.4 Å². The van der Waals surface area contributed by atoms with Gasteiger partial charge in [-0.25, -0.2) is 4.98 Å². The van der Waals surface area contributed by atoms with Crippen LogP contribution in [0.2, 0.25) is 0 Å². The van der Waals surface area contributed by atoms with Gasteiger partial charge in [-0.3, -0.25) is 9.59 Å². The number of benzene rings is 1. The molecule has 2 aromatic rings. The molecule has 0 radical (unpaired) electrons. The number of nitrogens with one attached hydrogen (secondary N) is 3. The van der Waals surface area contributed by atoms with Crippen molar-refractivity contribution in [3.8, 4) is 5.75 Å². The van der Waals surface area contributed by atoms with E-state index in [0.29, 0.717) is 48.0 Å². The van der Waals surface area contributed by atoms with Gasteiger partial charge in [-0.1, -0.05) is 12.8 Å². The number of carbonyl (C=O) groups is 2. The first-order valence-electron chi connectivity index (χ1n) is 13.8. The normalized spacial score (nSPS) is 22.1. The highest BCUT2D eigenvalue weighted by Crippen LogP contribution is 2.37. The van der Waals surface area contributed by atoms with Crippen LogP contribution in [-0.2, 0) is 4.79 Å². The zero-order valence-electron chi connectivity index (χ0n) is 22.6. The Morgan fingerprint density at radius 1 is 1.08 bits per heavy atom. The van der Waals surface area contributed by atoms with E-state index in [-0.39, 0.29) is 17.9 Å². The summed E-state index contributed by atoms with van der Waals surface area (Å²) >= 11 is 0. The second-order valence-electron chi connectivity index (χ2n) is 10.6. The maximum absolute atomic E-state index is 12.9. The molecule has 1 aromatic carbocycles. The lowest BCUT2D eigenvalue weighted by Crippen LogP contribution is -2.41. The first kappa shape index (κ1) is 26.2. The third-order valence-corrected chi connectivity index (χ3v) is 8.27. The standard InChI is InChI=1S/C28H39N7O3/c1-29-19-9-11-20(12-10-19)31-27(37)18-8-13-22(24(16-18)38-3)32-28-30-17-23-26(33-28)35(21-6-4-5-7-21)15-14-25(36)34(23)2/h8,13,16-17,19-21,29H,4-7,9-12,14-15H2,1-3H3,(H,31,37)(H,30,32,33). The van der Waals surface area contributed by atoms with E-state index in [2.05, 4.69) is 25.8 Å².